The van der Waals surface area contributed by atoms with Gasteiger partial charge in [0.15, 0.2) is 0 Å². The minimum Gasteiger partial charge on any atom is -0.266 e. The van der Waals surface area contributed by atoms with Crippen molar-refractivity contribution in [3.63, 3.8) is 0 Å². The Morgan fingerprint density at radius 1 is 1.53 bits per heavy atom. The third-order valence-electron chi connectivity index (χ3n) is 1.95. The Bertz CT molecular complexity index is 456. The van der Waals surface area contributed by atoms with Crippen molar-refractivity contribution in [1.29, 1.82) is 0 Å². The van der Waals surface area contributed by atoms with Gasteiger partial charge in [0.1, 0.15) is 0 Å². The number of pyridine rings is 1. The Labute approximate surface area is 93.1 Å². The standard InChI is InChI=1S/C9H10N2O2S2/c12-15(13,11-4-5-14-8-11)7-9-2-1-3-10-6-9/h1-6H,7-8H2. The van der Waals surface area contributed by atoms with Gasteiger partial charge in [0.2, 0.25) is 10.0 Å². The molecule has 0 N–H and O–H groups in total. The maximum Gasteiger partial charge on any atom is 0.239 e. The highest BCUT2D eigenvalue weighted by Gasteiger charge is 2.21. The van der Waals surface area contributed by atoms with E-state index in [2.05, 4.69) is 4.98 Å². The summed E-state index contributed by atoms with van der Waals surface area (Å²) in [6, 6.07) is 3.50. The van der Waals surface area contributed by atoms with Crippen molar-refractivity contribution in [1.82, 2.24) is 9.29 Å². The Morgan fingerprint density at radius 2 is 2.40 bits per heavy atom. The van der Waals surface area contributed by atoms with Gasteiger partial charge in [-0.15, -0.1) is 11.8 Å². The number of hydrogen-bond acceptors (Lipinski definition) is 4. The smallest absolute Gasteiger partial charge is 0.239 e. The zero-order valence-corrected chi connectivity index (χ0v) is 9.54. The molecule has 1 aliphatic heterocycles. The maximum atomic E-state index is 11.8. The highest BCUT2D eigenvalue weighted by atomic mass is 32.2. The summed E-state index contributed by atoms with van der Waals surface area (Å²) >= 11 is 1.47. The summed E-state index contributed by atoms with van der Waals surface area (Å²) in [6.45, 7) is 0. The molecule has 0 amide bonds. The number of thioether (sulfide) groups is 1. The van der Waals surface area contributed by atoms with Crippen LogP contribution in [-0.4, -0.2) is 23.6 Å². The van der Waals surface area contributed by atoms with Gasteiger partial charge in [-0.25, -0.2) is 8.42 Å². The molecular weight excluding hydrogens is 232 g/mol. The summed E-state index contributed by atoms with van der Waals surface area (Å²) in [7, 11) is -3.23. The lowest BCUT2D eigenvalue weighted by Crippen LogP contribution is -2.24. The summed E-state index contributed by atoms with van der Waals surface area (Å²) in [5.41, 5.74) is 0.711. The van der Waals surface area contributed by atoms with Gasteiger partial charge in [0.25, 0.3) is 0 Å². The Balaban J connectivity index is 2.15. The number of sulfonamides is 1. The summed E-state index contributed by atoms with van der Waals surface area (Å²) < 4.78 is 25.0. The fourth-order valence-electron chi connectivity index (χ4n) is 1.22. The van der Waals surface area contributed by atoms with Crippen LogP contribution in [0.5, 0.6) is 0 Å². The van der Waals surface area contributed by atoms with Gasteiger partial charge in [-0.05, 0) is 17.0 Å². The van der Waals surface area contributed by atoms with Crippen LogP contribution in [0.4, 0.5) is 0 Å². The monoisotopic (exact) mass is 242 g/mol. The number of aromatic nitrogens is 1. The van der Waals surface area contributed by atoms with Gasteiger partial charge in [-0.3, -0.25) is 9.29 Å². The molecule has 80 valence electrons. The second kappa shape index (κ2) is 4.24. The van der Waals surface area contributed by atoms with E-state index >= 15 is 0 Å². The van der Waals surface area contributed by atoms with Gasteiger partial charge in [0, 0.05) is 18.6 Å². The SMILES string of the molecule is O=S(=O)(Cc1cccnc1)N1C=CSC1. The average molecular weight is 242 g/mol. The van der Waals surface area contributed by atoms with Gasteiger partial charge in [0.05, 0.1) is 11.6 Å². The highest BCUT2D eigenvalue weighted by molar-refractivity contribution is 8.03. The lowest BCUT2D eigenvalue weighted by Gasteiger charge is -2.14. The van der Waals surface area contributed by atoms with Crippen LogP contribution in [0.1, 0.15) is 5.56 Å². The molecule has 2 rings (SSSR count). The van der Waals surface area contributed by atoms with Crippen molar-refractivity contribution in [2.75, 3.05) is 5.88 Å². The van der Waals surface area contributed by atoms with Crippen LogP contribution in [0.15, 0.2) is 36.1 Å². The van der Waals surface area contributed by atoms with Crippen molar-refractivity contribution >= 4 is 21.8 Å². The van der Waals surface area contributed by atoms with E-state index in [1.165, 1.54) is 16.1 Å². The lowest BCUT2D eigenvalue weighted by molar-refractivity contribution is 0.535. The molecule has 0 bridgehead atoms. The van der Waals surface area contributed by atoms with Gasteiger partial charge in [-0.2, -0.15) is 0 Å². The van der Waals surface area contributed by atoms with E-state index in [-0.39, 0.29) is 5.75 Å². The van der Waals surface area contributed by atoms with Gasteiger partial charge in [-0.1, -0.05) is 6.07 Å². The first kappa shape index (κ1) is 10.5. The number of hydrogen-bond donors (Lipinski definition) is 0. The molecule has 0 aliphatic carbocycles. The fraction of sp³-hybridized carbons (Fsp3) is 0.222. The maximum absolute atomic E-state index is 11.8. The van der Waals surface area contributed by atoms with Crippen molar-refractivity contribution in [3.8, 4) is 0 Å². The summed E-state index contributed by atoms with van der Waals surface area (Å²) in [5, 5.41) is 1.78. The molecule has 1 aromatic rings. The lowest BCUT2D eigenvalue weighted by atomic mass is 10.3. The van der Waals surface area contributed by atoms with E-state index in [1.807, 2.05) is 0 Å². The van der Waals surface area contributed by atoms with E-state index < -0.39 is 10.0 Å². The largest absolute Gasteiger partial charge is 0.266 e. The molecule has 1 aliphatic rings. The van der Waals surface area contributed by atoms with E-state index in [0.717, 1.165) is 0 Å². The molecule has 0 saturated heterocycles. The van der Waals surface area contributed by atoms with E-state index in [0.29, 0.717) is 11.4 Å². The zero-order chi connectivity index (χ0) is 10.7. The predicted molar refractivity (Wildman–Crippen MR) is 60.3 cm³/mol. The predicted octanol–water partition coefficient (Wildman–Crippen LogP) is 1.39. The van der Waals surface area contributed by atoms with E-state index in [4.69, 9.17) is 0 Å². The fourth-order valence-corrected chi connectivity index (χ4v) is 3.68. The second-order valence-corrected chi connectivity index (χ2v) is 5.87. The number of nitrogens with zero attached hydrogens (tertiary/aromatic N) is 2. The summed E-state index contributed by atoms with van der Waals surface area (Å²) in [4.78, 5) is 3.89. The first-order valence-electron chi connectivity index (χ1n) is 4.35. The zero-order valence-electron chi connectivity index (χ0n) is 7.91. The molecule has 2 heterocycles. The highest BCUT2D eigenvalue weighted by Crippen LogP contribution is 2.20. The normalized spacial score (nSPS) is 15.9. The minimum atomic E-state index is -3.23. The molecule has 6 heteroatoms. The van der Waals surface area contributed by atoms with Gasteiger partial charge < -0.3 is 0 Å². The third-order valence-corrected chi connectivity index (χ3v) is 4.52. The Morgan fingerprint density at radius 3 is 3.00 bits per heavy atom. The molecule has 1 aromatic heterocycles. The second-order valence-electron chi connectivity index (χ2n) is 3.09. The van der Waals surface area contributed by atoms with E-state index in [1.54, 1.807) is 36.1 Å². The van der Waals surface area contributed by atoms with Crippen molar-refractivity contribution in [2.45, 2.75) is 5.75 Å². The molecule has 0 saturated carbocycles. The summed E-state index contributed by atoms with van der Waals surface area (Å²) in [5.74, 6) is 0.480. The van der Waals surface area contributed by atoms with Crippen molar-refractivity contribution in [2.24, 2.45) is 0 Å². The summed E-state index contributed by atoms with van der Waals surface area (Å²) in [6.07, 6.45) is 4.79. The van der Waals surface area contributed by atoms with Crippen LogP contribution in [0, 0.1) is 0 Å². The molecular formula is C9H10N2O2S2. The molecule has 0 radical (unpaired) electrons. The van der Waals surface area contributed by atoms with Crippen LogP contribution in [-0.2, 0) is 15.8 Å². The molecule has 0 spiro atoms. The third kappa shape index (κ3) is 2.51. The van der Waals surface area contributed by atoms with Crippen LogP contribution in [0.3, 0.4) is 0 Å². The Kier molecular flexibility index (Phi) is 2.97. The number of rotatable bonds is 3. The van der Waals surface area contributed by atoms with Crippen molar-refractivity contribution in [3.05, 3.63) is 41.7 Å². The first-order chi connectivity index (χ1) is 7.18. The minimum absolute atomic E-state index is 0.00569. The first-order valence-corrected chi connectivity index (χ1v) is 7.01. The van der Waals surface area contributed by atoms with Crippen LogP contribution < -0.4 is 0 Å². The van der Waals surface area contributed by atoms with Crippen LogP contribution >= 0.6 is 11.8 Å². The van der Waals surface area contributed by atoms with Gasteiger partial charge >= 0.3 is 0 Å². The Hall–Kier alpha value is -1.01. The average Bonchev–Trinajstić information content (AvgIpc) is 2.71. The van der Waals surface area contributed by atoms with Crippen LogP contribution in [0.2, 0.25) is 0 Å². The van der Waals surface area contributed by atoms with Crippen LogP contribution in [0.25, 0.3) is 0 Å². The molecule has 0 atom stereocenters. The topological polar surface area (TPSA) is 50.3 Å². The molecule has 0 unspecified atom stereocenters. The van der Waals surface area contributed by atoms with E-state index in [9.17, 15) is 8.42 Å². The molecule has 4 nitrogen and oxygen atoms in total. The van der Waals surface area contributed by atoms with Crippen molar-refractivity contribution < 1.29 is 8.42 Å². The molecule has 15 heavy (non-hydrogen) atoms. The molecule has 0 fully saturated rings. The molecule has 0 aromatic carbocycles. The quantitative estimate of drug-likeness (QED) is 0.803.